The van der Waals surface area contributed by atoms with Gasteiger partial charge in [0.2, 0.25) is 11.8 Å². The minimum Gasteiger partial charge on any atom is -0.351 e. The van der Waals surface area contributed by atoms with Gasteiger partial charge in [0, 0.05) is 46.3 Å². The van der Waals surface area contributed by atoms with E-state index in [1.807, 2.05) is 11.0 Å². The number of carbonyl (C=O) groups excluding carboxylic acids is 2. The van der Waals surface area contributed by atoms with Gasteiger partial charge in [-0.1, -0.05) is 11.6 Å². The first-order valence-electron chi connectivity index (χ1n) is 7.72. The maximum absolute atomic E-state index is 12.2. The molecule has 0 N–H and O–H groups in total. The molecule has 2 fully saturated rings. The molecule has 0 saturated carbocycles. The van der Waals surface area contributed by atoms with E-state index in [1.165, 1.54) is 4.90 Å². The molecule has 2 aliphatic heterocycles. The number of anilines is 1. The summed E-state index contributed by atoms with van der Waals surface area (Å²) in [4.78, 5) is 33.7. The fourth-order valence-electron chi connectivity index (χ4n) is 3.18. The number of aromatic nitrogens is 1. The Morgan fingerprint density at radius 1 is 1.42 bits per heavy atom. The van der Waals surface area contributed by atoms with Gasteiger partial charge in [-0.3, -0.25) is 9.59 Å². The van der Waals surface area contributed by atoms with Gasteiger partial charge in [-0.2, -0.15) is 5.26 Å². The molecule has 1 aromatic rings. The maximum atomic E-state index is 12.2. The van der Waals surface area contributed by atoms with Gasteiger partial charge in [0.05, 0.1) is 17.5 Å². The van der Waals surface area contributed by atoms with Crippen LogP contribution in [0.2, 0.25) is 5.02 Å². The molecule has 0 aliphatic carbocycles. The second-order valence-corrected chi connectivity index (χ2v) is 6.72. The first kappa shape index (κ1) is 16.5. The summed E-state index contributed by atoms with van der Waals surface area (Å²) in [7, 11) is 3.41. The Kier molecular flexibility index (Phi) is 4.33. The maximum Gasteiger partial charge on any atom is 0.227 e. The van der Waals surface area contributed by atoms with E-state index >= 15 is 0 Å². The molecule has 0 spiro atoms. The lowest BCUT2D eigenvalue weighted by Gasteiger charge is -2.45. The van der Waals surface area contributed by atoms with Crippen molar-refractivity contribution in [3.05, 3.63) is 22.8 Å². The Balaban J connectivity index is 1.64. The summed E-state index contributed by atoms with van der Waals surface area (Å²) in [5, 5.41) is 9.37. The second kappa shape index (κ2) is 6.29. The third kappa shape index (κ3) is 2.78. The number of hydrogen-bond donors (Lipinski definition) is 0. The average molecular weight is 348 g/mol. The van der Waals surface area contributed by atoms with E-state index in [-0.39, 0.29) is 30.2 Å². The molecule has 0 radical (unpaired) electrons. The van der Waals surface area contributed by atoms with Crippen molar-refractivity contribution < 1.29 is 9.59 Å². The van der Waals surface area contributed by atoms with Gasteiger partial charge in [0.1, 0.15) is 16.9 Å². The minimum atomic E-state index is -0.259. The summed E-state index contributed by atoms with van der Waals surface area (Å²) in [6, 6.07) is 3.67. The molecular weight excluding hydrogens is 330 g/mol. The van der Waals surface area contributed by atoms with Gasteiger partial charge >= 0.3 is 0 Å². The van der Waals surface area contributed by atoms with Gasteiger partial charge in [0.25, 0.3) is 0 Å². The molecule has 3 heterocycles. The van der Waals surface area contributed by atoms with E-state index in [0.29, 0.717) is 36.0 Å². The predicted molar refractivity (Wildman–Crippen MR) is 88.5 cm³/mol. The van der Waals surface area contributed by atoms with Gasteiger partial charge < -0.3 is 14.7 Å². The molecule has 0 aromatic carbocycles. The van der Waals surface area contributed by atoms with Crippen LogP contribution in [0.5, 0.6) is 0 Å². The SMILES string of the molecule is CN(C)C(=O)C1CC(=O)N(C2CN(c3nccc(C#N)c3Cl)C2)C1. The van der Waals surface area contributed by atoms with Crippen molar-refractivity contribution in [2.24, 2.45) is 5.92 Å². The van der Waals surface area contributed by atoms with Crippen molar-refractivity contribution >= 4 is 29.2 Å². The van der Waals surface area contributed by atoms with E-state index in [2.05, 4.69) is 4.98 Å². The number of amides is 2. The summed E-state index contributed by atoms with van der Waals surface area (Å²) in [6.07, 6.45) is 1.83. The first-order chi connectivity index (χ1) is 11.4. The molecular formula is C16H18ClN5O2. The number of nitriles is 1. The van der Waals surface area contributed by atoms with E-state index < -0.39 is 0 Å². The lowest BCUT2D eigenvalue weighted by Crippen LogP contribution is -2.60. The molecule has 2 aliphatic rings. The topological polar surface area (TPSA) is 80.5 Å². The second-order valence-electron chi connectivity index (χ2n) is 6.35. The number of likely N-dealkylation sites (tertiary alicyclic amines) is 1. The van der Waals surface area contributed by atoms with Gasteiger partial charge in [-0.05, 0) is 6.07 Å². The molecule has 1 atom stereocenters. The number of nitrogens with zero attached hydrogens (tertiary/aromatic N) is 5. The molecule has 1 unspecified atom stereocenters. The highest BCUT2D eigenvalue weighted by Gasteiger charge is 2.43. The quantitative estimate of drug-likeness (QED) is 0.805. The summed E-state index contributed by atoms with van der Waals surface area (Å²) in [6.45, 7) is 1.68. The number of rotatable bonds is 3. The highest BCUT2D eigenvalue weighted by atomic mass is 35.5. The Morgan fingerprint density at radius 2 is 2.12 bits per heavy atom. The van der Waals surface area contributed by atoms with Crippen molar-refractivity contribution in [2.45, 2.75) is 12.5 Å². The van der Waals surface area contributed by atoms with Crippen LogP contribution in [0.1, 0.15) is 12.0 Å². The minimum absolute atomic E-state index is 0.00605. The molecule has 24 heavy (non-hydrogen) atoms. The molecule has 7 nitrogen and oxygen atoms in total. The van der Waals surface area contributed by atoms with Crippen molar-refractivity contribution in [1.29, 1.82) is 5.26 Å². The molecule has 3 rings (SSSR count). The Bertz CT molecular complexity index is 724. The van der Waals surface area contributed by atoms with Gasteiger partial charge in [0.15, 0.2) is 0 Å². The normalized spacial score (nSPS) is 20.8. The fraction of sp³-hybridized carbons (Fsp3) is 0.500. The number of carbonyl (C=O) groups is 2. The number of hydrogen-bond acceptors (Lipinski definition) is 5. The van der Waals surface area contributed by atoms with Crippen molar-refractivity contribution in [3.8, 4) is 6.07 Å². The zero-order valence-corrected chi connectivity index (χ0v) is 14.3. The van der Waals surface area contributed by atoms with E-state index in [4.69, 9.17) is 16.9 Å². The third-order valence-corrected chi connectivity index (χ3v) is 4.91. The van der Waals surface area contributed by atoms with Crippen LogP contribution < -0.4 is 4.90 Å². The first-order valence-corrected chi connectivity index (χ1v) is 8.10. The van der Waals surface area contributed by atoms with Crippen molar-refractivity contribution in [2.75, 3.05) is 38.6 Å². The highest BCUT2D eigenvalue weighted by Crippen LogP contribution is 2.32. The van der Waals surface area contributed by atoms with Gasteiger partial charge in [-0.25, -0.2) is 4.98 Å². The molecule has 0 bridgehead atoms. The molecule has 2 amide bonds. The summed E-state index contributed by atoms with van der Waals surface area (Å²) in [5.41, 5.74) is 0.388. The van der Waals surface area contributed by atoms with E-state index in [1.54, 1.807) is 31.3 Å². The fourth-order valence-corrected chi connectivity index (χ4v) is 3.45. The standard InChI is InChI=1S/C16H18ClN5O2/c1-20(2)16(24)11-5-13(23)22(7-11)12-8-21(9-12)15-14(17)10(6-18)3-4-19-15/h3-4,11-12H,5,7-9H2,1-2H3. The summed E-state index contributed by atoms with van der Waals surface area (Å²) < 4.78 is 0. The smallest absolute Gasteiger partial charge is 0.227 e. The Hall–Kier alpha value is -2.33. The van der Waals surface area contributed by atoms with E-state index in [9.17, 15) is 9.59 Å². The van der Waals surface area contributed by atoms with Crippen molar-refractivity contribution in [3.63, 3.8) is 0 Å². The zero-order valence-electron chi connectivity index (χ0n) is 13.6. The Labute approximate surface area is 145 Å². The molecule has 1 aromatic heterocycles. The average Bonchev–Trinajstić information content (AvgIpc) is 2.88. The van der Waals surface area contributed by atoms with E-state index in [0.717, 1.165) is 0 Å². The highest BCUT2D eigenvalue weighted by molar-refractivity contribution is 6.34. The molecule has 8 heteroatoms. The van der Waals surface area contributed by atoms with Crippen LogP contribution in [0.15, 0.2) is 12.3 Å². The van der Waals surface area contributed by atoms with Crippen LogP contribution in [0.4, 0.5) is 5.82 Å². The largest absolute Gasteiger partial charge is 0.351 e. The zero-order chi connectivity index (χ0) is 17.4. The summed E-state index contributed by atoms with van der Waals surface area (Å²) >= 11 is 6.19. The van der Waals surface area contributed by atoms with Crippen LogP contribution in [-0.2, 0) is 9.59 Å². The van der Waals surface area contributed by atoms with Crippen LogP contribution in [0, 0.1) is 17.2 Å². The lowest BCUT2D eigenvalue weighted by molar-refractivity contribution is -0.133. The van der Waals surface area contributed by atoms with Gasteiger partial charge in [-0.15, -0.1) is 0 Å². The predicted octanol–water partition coefficient (Wildman–Crippen LogP) is 0.732. The Morgan fingerprint density at radius 3 is 2.75 bits per heavy atom. The van der Waals surface area contributed by atoms with Crippen LogP contribution >= 0.6 is 11.6 Å². The van der Waals surface area contributed by atoms with Crippen molar-refractivity contribution in [1.82, 2.24) is 14.8 Å². The van der Waals surface area contributed by atoms with Crippen LogP contribution in [0.25, 0.3) is 0 Å². The number of pyridine rings is 1. The molecule has 126 valence electrons. The van der Waals surface area contributed by atoms with Crippen LogP contribution in [-0.4, -0.2) is 66.4 Å². The monoisotopic (exact) mass is 347 g/mol. The third-order valence-electron chi connectivity index (χ3n) is 4.54. The molecule has 2 saturated heterocycles. The summed E-state index contributed by atoms with van der Waals surface area (Å²) in [5.74, 6) is 0.322. The number of halogens is 1. The lowest BCUT2D eigenvalue weighted by atomic mass is 10.1. The van der Waals surface area contributed by atoms with Crippen LogP contribution in [0.3, 0.4) is 0 Å².